The second-order valence-corrected chi connectivity index (χ2v) is 5.48. The van der Waals surface area contributed by atoms with Crippen LogP contribution in [0.1, 0.15) is 19.9 Å². The Morgan fingerprint density at radius 2 is 2.00 bits per heavy atom. The van der Waals surface area contributed by atoms with Crippen LogP contribution < -0.4 is 16.3 Å². The summed E-state index contributed by atoms with van der Waals surface area (Å²) in [7, 11) is 3.61. The van der Waals surface area contributed by atoms with Gasteiger partial charge in [0.25, 0.3) is 0 Å². The van der Waals surface area contributed by atoms with Gasteiger partial charge in [-0.1, -0.05) is 0 Å². The lowest BCUT2D eigenvalue weighted by Crippen LogP contribution is -2.19. The molecule has 0 aliphatic heterocycles. The lowest BCUT2D eigenvalue weighted by atomic mass is 10.4. The quantitative estimate of drug-likeness (QED) is 0.817. The van der Waals surface area contributed by atoms with Gasteiger partial charge >= 0.3 is 5.69 Å². The molecule has 0 saturated heterocycles. The van der Waals surface area contributed by atoms with Crippen molar-refractivity contribution in [2.75, 3.05) is 24.7 Å². The van der Waals surface area contributed by atoms with Crippen LogP contribution in [0.2, 0.25) is 0 Å². The van der Waals surface area contributed by atoms with Crippen LogP contribution >= 0.6 is 11.8 Å². The van der Waals surface area contributed by atoms with Crippen molar-refractivity contribution in [3.05, 3.63) is 10.5 Å². The maximum atomic E-state index is 11.7. The maximum absolute atomic E-state index is 11.7. The molecule has 0 amide bonds. The van der Waals surface area contributed by atoms with Crippen LogP contribution in [0.3, 0.4) is 0 Å². The number of nitrogens with two attached hydrogens (primary N) is 1. The van der Waals surface area contributed by atoms with E-state index >= 15 is 0 Å². The van der Waals surface area contributed by atoms with Crippen molar-refractivity contribution in [2.45, 2.75) is 30.2 Å². The highest BCUT2D eigenvalue weighted by molar-refractivity contribution is 7.99. The van der Waals surface area contributed by atoms with Crippen molar-refractivity contribution in [1.29, 1.82) is 0 Å². The van der Waals surface area contributed by atoms with E-state index in [0.29, 0.717) is 16.3 Å². The average molecular weight is 296 g/mol. The molecule has 2 aromatic heterocycles. The number of hydrogen-bond donors (Lipinski definition) is 2. The number of rotatable bonds is 4. The number of aromatic amines is 1. The van der Waals surface area contributed by atoms with Crippen LogP contribution in [0.5, 0.6) is 0 Å². The summed E-state index contributed by atoms with van der Waals surface area (Å²) < 4.78 is 1.53. The molecule has 9 nitrogen and oxygen atoms in total. The van der Waals surface area contributed by atoms with E-state index in [1.165, 1.54) is 4.57 Å². The smallest absolute Gasteiger partial charge is 0.344 e. The van der Waals surface area contributed by atoms with Crippen molar-refractivity contribution >= 4 is 23.7 Å². The van der Waals surface area contributed by atoms with Gasteiger partial charge in [0, 0.05) is 20.1 Å². The third kappa shape index (κ3) is 2.90. The van der Waals surface area contributed by atoms with Crippen LogP contribution in [-0.2, 0) is 0 Å². The first kappa shape index (κ1) is 14.3. The van der Waals surface area contributed by atoms with Gasteiger partial charge in [-0.3, -0.25) is 4.57 Å². The Balaban J connectivity index is 2.38. The molecule has 0 aliphatic rings. The summed E-state index contributed by atoms with van der Waals surface area (Å²) in [5.74, 6) is 0.578. The molecule has 0 radical (unpaired) electrons. The molecule has 10 heteroatoms. The fraction of sp³-hybridized carbons (Fsp3) is 0.500. The van der Waals surface area contributed by atoms with Crippen molar-refractivity contribution < 1.29 is 0 Å². The summed E-state index contributed by atoms with van der Waals surface area (Å²) in [5.41, 5.74) is 5.39. The molecule has 0 fully saturated rings. The zero-order valence-corrected chi connectivity index (χ0v) is 12.5. The Morgan fingerprint density at radius 3 is 2.60 bits per heavy atom. The molecule has 0 spiro atoms. The Bertz CT molecular complexity index is 662. The molecule has 0 bridgehead atoms. The van der Waals surface area contributed by atoms with Crippen molar-refractivity contribution in [3.8, 4) is 0 Å². The number of aromatic nitrogens is 6. The third-order valence-corrected chi connectivity index (χ3v) is 3.23. The minimum atomic E-state index is -0.266. The zero-order valence-electron chi connectivity index (χ0n) is 11.7. The predicted octanol–water partition coefficient (Wildman–Crippen LogP) is 0.137. The molecule has 3 N–H and O–H groups in total. The zero-order chi connectivity index (χ0) is 14.9. The molecule has 0 unspecified atom stereocenters. The first-order chi connectivity index (χ1) is 9.38. The third-order valence-electron chi connectivity index (χ3n) is 2.39. The minimum absolute atomic E-state index is 0.0174. The highest BCUT2D eigenvalue weighted by Crippen LogP contribution is 2.24. The highest BCUT2D eigenvalue weighted by Gasteiger charge is 2.15. The first-order valence-electron chi connectivity index (χ1n) is 5.92. The molecule has 0 aromatic carbocycles. The summed E-state index contributed by atoms with van der Waals surface area (Å²) in [4.78, 5) is 25.7. The number of anilines is 2. The van der Waals surface area contributed by atoms with Crippen LogP contribution in [0.4, 0.5) is 11.9 Å². The topological polar surface area (TPSA) is 119 Å². The summed E-state index contributed by atoms with van der Waals surface area (Å²) in [5, 5.41) is 7.26. The van der Waals surface area contributed by atoms with E-state index in [-0.39, 0.29) is 17.7 Å². The molecule has 0 atom stereocenters. The number of nitrogens with one attached hydrogen (secondary N) is 1. The highest BCUT2D eigenvalue weighted by atomic mass is 32.2. The summed E-state index contributed by atoms with van der Waals surface area (Å²) >= 11 is 1.16. The maximum Gasteiger partial charge on any atom is 0.344 e. The minimum Gasteiger partial charge on any atom is -0.368 e. The summed E-state index contributed by atoms with van der Waals surface area (Å²) in [6.07, 6.45) is 0. The number of nitrogens with zero attached hydrogens (tertiary/aromatic N) is 6. The average Bonchev–Trinajstić information content (AvgIpc) is 2.69. The lowest BCUT2D eigenvalue weighted by Gasteiger charge is -2.11. The Kier molecular flexibility index (Phi) is 3.93. The van der Waals surface area contributed by atoms with E-state index < -0.39 is 0 Å². The fourth-order valence-corrected chi connectivity index (χ4v) is 2.42. The largest absolute Gasteiger partial charge is 0.368 e. The van der Waals surface area contributed by atoms with Gasteiger partial charge in [0.1, 0.15) is 0 Å². The summed E-state index contributed by atoms with van der Waals surface area (Å²) in [6, 6.07) is -0.0174. The van der Waals surface area contributed by atoms with E-state index in [1.54, 1.807) is 4.90 Å². The van der Waals surface area contributed by atoms with Gasteiger partial charge in [-0.2, -0.15) is 15.0 Å². The van der Waals surface area contributed by atoms with Gasteiger partial charge in [0.05, 0.1) is 0 Å². The van der Waals surface area contributed by atoms with Gasteiger partial charge in [0.15, 0.2) is 5.16 Å². The van der Waals surface area contributed by atoms with Gasteiger partial charge in [-0.25, -0.2) is 9.89 Å². The Hall–Kier alpha value is -2.10. The van der Waals surface area contributed by atoms with Gasteiger partial charge in [-0.15, -0.1) is 5.10 Å². The van der Waals surface area contributed by atoms with E-state index in [9.17, 15) is 4.79 Å². The SMILES string of the molecule is CC(C)n1c(Sc2nc(N)nc(N(C)C)n2)n[nH]c1=O. The Labute approximate surface area is 119 Å². The summed E-state index contributed by atoms with van der Waals surface area (Å²) in [6.45, 7) is 3.79. The number of nitrogen functional groups attached to an aromatic ring is 1. The van der Waals surface area contributed by atoms with Crippen molar-refractivity contribution in [3.63, 3.8) is 0 Å². The lowest BCUT2D eigenvalue weighted by molar-refractivity contribution is 0.533. The van der Waals surface area contributed by atoms with Gasteiger partial charge in [-0.05, 0) is 25.6 Å². The molecule has 0 saturated carbocycles. The molecule has 20 heavy (non-hydrogen) atoms. The fourth-order valence-electron chi connectivity index (χ4n) is 1.51. The normalized spacial score (nSPS) is 11.1. The second kappa shape index (κ2) is 5.49. The predicted molar refractivity (Wildman–Crippen MR) is 75.9 cm³/mol. The van der Waals surface area contributed by atoms with Gasteiger partial charge in [0.2, 0.25) is 17.1 Å². The van der Waals surface area contributed by atoms with Crippen LogP contribution in [0, 0.1) is 0 Å². The van der Waals surface area contributed by atoms with Crippen LogP contribution in [-0.4, -0.2) is 43.8 Å². The molecule has 2 aromatic rings. The molecular weight excluding hydrogens is 280 g/mol. The standard InChI is InChI=1S/C10H16N8OS/c1-5(2)18-9(19)15-16-10(18)20-8-13-6(11)12-7(14-8)17(3)4/h5H,1-4H3,(H,15,19)(H2,11,12,13,14). The first-order valence-corrected chi connectivity index (χ1v) is 6.73. The molecule has 2 rings (SSSR count). The second-order valence-electron chi connectivity index (χ2n) is 4.55. The number of H-pyrrole nitrogens is 1. The monoisotopic (exact) mass is 296 g/mol. The molecule has 0 aliphatic carbocycles. The van der Waals surface area contributed by atoms with E-state index in [1.807, 2.05) is 27.9 Å². The van der Waals surface area contributed by atoms with Crippen molar-refractivity contribution in [1.82, 2.24) is 29.7 Å². The van der Waals surface area contributed by atoms with E-state index in [4.69, 9.17) is 5.73 Å². The number of hydrogen-bond acceptors (Lipinski definition) is 8. The van der Waals surface area contributed by atoms with E-state index in [2.05, 4.69) is 25.1 Å². The van der Waals surface area contributed by atoms with E-state index in [0.717, 1.165) is 11.8 Å². The van der Waals surface area contributed by atoms with Crippen LogP contribution in [0.25, 0.3) is 0 Å². The van der Waals surface area contributed by atoms with Crippen molar-refractivity contribution in [2.24, 2.45) is 0 Å². The van der Waals surface area contributed by atoms with Gasteiger partial charge < -0.3 is 10.6 Å². The Morgan fingerprint density at radius 1 is 1.30 bits per heavy atom. The van der Waals surface area contributed by atoms with Crippen LogP contribution in [0.15, 0.2) is 15.1 Å². The molecular formula is C10H16N8OS. The molecule has 108 valence electrons. The molecule has 2 heterocycles.